The maximum atomic E-state index is 14.0. The first kappa shape index (κ1) is 30.5. The zero-order valence-electron chi connectivity index (χ0n) is 24.4. The van der Waals surface area contributed by atoms with Crippen molar-refractivity contribution in [3.05, 3.63) is 95.6 Å². The topological polar surface area (TPSA) is 104 Å². The fourth-order valence-corrected chi connectivity index (χ4v) is 4.63. The molecule has 0 bridgehead atoms. The molecule has 1 saturated heterocycles. The lowest BCUT2D eigenvalue weighted by Crippen LogP contribution is -2.30. The lowest BCUT2D eigenvalue weighted by molar-refractivity contribution is -0.126. The second-order valence-corrected chi connectivity index (χ2v) is 10.4. The number of aliphatic hydroxyl groups is 1. The second kappa shape index (κ2) is 13.9. The summed E-state index contributed by atoms with van der Waals surface area (Å²) in [6.07, 6.45) is 6.31. The zero-order chi connectivity index (χ0) is 30.2. The van der Waals surface area contributed by atoms with E-state index < -0.39 is 18.0 Å². The van der Waals surface area contributed by atoms with E-state index in [1.807, 2.05) is 26.0 Å². The van der Waals surface area contributed by atoms with Crippen molar-refractivity contribution >= 4 is 28.9 Å². The monoisotopic (exact) mass is 572 g/mol. The fraction of sp³-hybridized carbons (Fsp3) is 0.303. The molecule has 3 aromatic rings. The SMILES string of the molecule is C/C=C(\C=C(\c1cc(Oc2ccc(NC(=O)Nc3cc(C)ccc3F)cc2)ccn1)C(C)CC)C(=O)N1CCC(O)C1. The van der Waals surface area contributed by atoms with Crippen molar-refractivity contribution in [1.82, 2.24) is 9.88 Å². The van der Waals surface area contributed by atoms with Crippen LogP contribution in [0.15, 0.2) is 78.5 Å². The first-order chi connectivity index (χ1) is 20.2. The molecule has 4 rings (SSSR count). The molecule has 220 valence electrons. The highest BCUT2D eigenvalue weighted by atomic mass is 19.1. The largest absolute Gasteiger partial charge is 0.457 e. The Morgan fingerprint density at radius 2 is 1.90 bits per heavy atom. The molecule has 1 aliphatic heterocycles. The number of nitrogens with zero attached hydrogens (tertiary/aromatic N) is 2. The van der Waals surface area contributed by atoms with Crippen LogP contribution in [0.5, 0.6) is 11.5 Å². The van der Waals surface area contributed by atoms with Crippen molar-refractivity contribution in [3.8, 4) is 11.5 Å². The summed E-state index contributed by atoms with van der Waals surface area (Å²) in [6.45, 7) is 8.70. The minimum absolute atomic E-state index is 0.103. The highest BCUT2D eigenvalue weighted by Crippen LogP contribution is 2.31. The number of hydrogen-bond acceptors (Lipinski definition) is 5. The van der Waals surface area contributed by atoms with Crippen LogP contribution >= 0.6 is 0 Å². The number of aromatic nitrogens is 1. The maximum Gasteiger partial charge on any atom is 0.323 e. The van der Waals surface area contributed by atoms with Gasteiger partial charge >= 0.3 is 6.03 Å². The van der Waals surface area contributed by atoms with Crippen molar-refractivity contribution in [2.24, 2.45) is 5.92 Å². The Kier molecular flexibility index (Phi) is 10.1. The molecule has 0 radical (unpaired) electrons. The number of benzene rings is 2. The van der Waals surface area contributed by atoms with Crippen molar-refractivity contribution in [2.45, 2.75) is 46.6 Å². The number of allylic oxidation sites excluding steroid dienone is 2. The van der Waals surface area contributed by atoms with Gasteiger partial charge in [0.2, 0.25) is 0 Å². The zero-order valence-corrected chi connectivity index (χ0v) is 24.4. The Labute approximate surface area is 245 Å². The van der Waals surface area contributed by atoms with Crippen molar-refractivity contribution < 1.29 is 23.8 Å². The number of ether oxygens (including phenoxy) is 1. The number of carbonyl (C=O) groups is 2. The second-order valence-electron chi connectivity index (χ2n) is 10.4. The molecule has 8 nitrogen and oxygen atoms in total. The molecule has 2 heterocycles. The third kappa shape index (κ3) is 7.82. The first-order valence-corrected chi connectivity index (χ1v) is 14.1. The highest BCUT2D eigenvalue weighted by molar-refractivity contribution is 6.00. The van der Waals surface area contributed by atoms with Gasteiger partial charge in [-0.2, -0.15) is 0 Å². The number of amides is 3. The third-order valence-electron chi connectivity index (χ3n) is 7.21. The number of anilines is 2. The van der Waals surface area contributed by atoms with Crippen LogP contribution in [0.2, 0.25) is 0 Å². The van der Waals surface area contributed by atoms with Crippen LogP contribution in [0, 0.1) is 18.7 Å². The average molecular weight is 573 g/mol. The van der Waals surface area contributed by atoms with Crippen LogP contribution < -0.4 is 15.4 Å². The number of rotatable bonds is 9. The molecule has 0 aliphatic carbocycles. The van der Waals surface area contributed by atoms with E-state index >= 15 is 0 Å². The quantitative estimate of drug-likeness (QED) is 0.190. The Bertz CT molecular complexity index is 1490. The highest BCUT2D eigenvalue weighted by Gasteiger charge is 2.26. The van der Waals surface area contributed by atoms with Crippen LogP contribution in [0.4, 0.5) is 20.6 Å². The Morgan fingerprint density at radius 3 is 2.57 bits per heavy atom. The van der Waals surface area contributed by atoms with Crippen LogP contribution in [-0.4, -0.2) is 46.1 Å². The fourth-order valence-electron chi connectivity index (χ4n) is 4.63. The number of β-amino-alcohol motifs (C(OH)–C–C–N with tert-alkyl or cyclic N) is 1. The van der Waals surface area contributed by atoms with Gasteiger partial charge in [0.1, 0.15) is 17.3 Å². The molecule has 1 aromatic heterocycles. The lowest BCUT2D eigenvalue weighted by Gasteiger charge is -2.19. The maximum absolute atomic E-state index is 14.0. The summed E-state index contributed by atoms with van der Waals surface area (Å²) < 4.78 is 20.0. The van der Waals surface area contributed by atoms with E-state index in [9.17, 15) is 19.1 Å². The summed E-state index contributed by atoms with van der Waals surface area (Å²) in [6, 6.07) is 14.3. The van der Waals surface area contributed by atoms with E-state index in [1.165, 1.54) is 6.07 Å². The molecular weight excluding hydrogens is 535 g/mol. The van der Waals surface area contributed by atoms with Crippen molar-refractivity contribution in [1.29, 1.82) is 0 Å². The number of pyridine rings is 1. The number of halogens is 1. The predicted molar refractivity (Wildman–Crippen MR) is 163 cm³/mol. The number of hydrogen-bond donors (Lipinski definition) is 3. The standard InChI is InChI=1S/C33H37FN4O4/c1-5-22(4)28(18-23(6-2)32(40)38-16-14-25(39)20-38)30-19-27(13-15-35-30)42-26-10-8-24(9-11-26)36-33(41)37-31-17-21(3)7-12-29(31)34/h6-13,15,17-19,22,25,39H,5,14,16,20H2,1-4H3,(H2,36,37,41)/b23-6+,28-18+. The Balaban J connectivity index is 1.46. The van der Waals surface area contributed by atoms with Gasteiger partial charge in [-0.1, -0.05) is 26.0 Å². The van der Waals surface area contributed by atoms with E-state index in [0.717, 1.165) is 17.6 Å². The Hall–Kier alpha value is -4.50. The summed E-state index contributed by atoms with van der Waals surface area (Å²) in [7, 11) is 0. The number of aliphatic hydroxyl groups excluding tert-OH is 1. The smallest absolute Gasteiger partial charge is 0.323 e. The molecule has 0 spiro atoms. The number of likely N-dealkylation sites (tertiary alicyclic amines) is 1. The minimum atomic E-state index is -0.559. The van der Waals surface area contributed by atoms with E-state index in [0.29, 0.717) is 48.0 Å². The van der Waals surface area contributed by atoms with E-state index in [1.54, 1.807) is 59.6 Å². The van der Waals surface area contributed by atoms with Gasteiger partial charge in [-0.3, -0.25) is 9.78 Å². The van der Waals surface area contributed by atoms with Crippen LogP contribution in [-0.2, 0) is 4.79 Å². The van der Waals surface area contributed by atoms with E-state index in [-0.39, 0.29) is 17.5 Å². The molecule has 2 unspecified atom stereocenters. The number of aryl methyl sites for hydroxylation is 1. The summed E-state index contributed by atoms with van der Waals surface area (Å²) in [5.74, 6) is 0.632. The van der Waals surface area contributed by atoms with Crippen LogP contribution in [0.3, 0.4) is 0 Å². The predicted octanol–water partition coefficient (Wildman–Crippen LogP) is 6.93. The third-order valence-corrected chi connectivity index (χ3v) is 7.21. The van der Waals surface area contributed by atoms with Crippen molar-refractivity contribution in [3.63, 3.8) is 0 Å². The summed E-state index contributed by atoms with van der Waals surface area (Å²) in [5.41, 5.74) is 3.63. The van der Waals surface area contributed by atoms with Gasteiger partial charge in [-0.25, -0.2) is 9.18 Å². The van der Waals surface area contributed by atoms with Crippen molar-refractivity contribution in [2.75, 3.05) is 23.7 Å². The van der Waals surface area contributed by atoms with E-state index in [4.69, 9.17) is 4.74 Å². The first-order valence-electron chi connectivity index (χ1n) is 14.1. The van der Waals surface area contributed by atoms with Crippen LogP contribution in [0.1, 0.15) is 44.9 Å². The van der Waals surface area contributed by atoms with Gasteiger partial charge in [0.15, 0.2) is 0 Å². The summed E-state index contributed by atoms with van der Waals surface area (Å²) in [4.78, 5) is 31.8. The Morgan fingerprint density at radius 1 is 1.14 bits per heavy atom. The molecule has 2 aromatic carbocycles. The number of nitrogens with one attached hydrogen (secondary N) is 2. The van der Waals surface area contributed by atoms with Gasteiger partial charge in [0, 0.05) is 36.6 Å². The molecule has 3 amide bonds. The normalized spacial score (nSPS) is 16.2. The summed E-state index contributed by atoms with van der Waals surface area (Å²) >= 11 is 0. The van der Waals surface area contributed by atoms with Gasteiger partial charge in [0.25, 0.3) is 5.91 Å². The van der Waals surface area contributed by atoms with Crippen LogP contribution in [0.25, 0.3) is 5.57 Å². The number of urea groups is 1. The molecule has 3 N–H and O–H groups in total. The van der Waals surface area contributed by atoms with Gasteiger partial charge in [-0.05, 0) is 92.3 Å². The molecule has 1 aliphatic rings. The molecule has 1 fully saturated rings. The van der Waals surface area contributed by atoms with Gasteiger partial charge in [-0.15, -0.1) is 0 Å². The molecule has 42 heavy (non-hydrogen) atoms. The van der Waals surface area contributed by atoms with Gasteiger partial charge < -0.3 is 25.4 Å². The lowest BCUT2D eigenvalue weighted by atomic mass is 9.92. The summed E-state index contributed by atoms with van der Waals surface area (Å²) in [5, 5.41) is 15.1. The minimum Gasteiger partial charge on any atom is -0.457 e. The molecule has 0 saturated carbocycles. The number of carbonyl (C=O) groups excluding carboxylic acids is 2. The molecule has 2 atom stereocenters. The molecular formula is C33H37FN4O4. The van der Waals surface area contributed by atoms with E-state index in [2.05, 4.69) is 29.5 Å². The average Bonchev–Trinajstić information content (AvgIpc) is 3.42. The molecule has 9 heteroatoms. The van der Waals surface area contributed by atoms with Gasteiger partial charge in [0.05, 0.1) is 17.5 Å².